The number of H-pyrrole nitrogens is 1. The number of nitrogens with zero attached hydrogens (tertiary/aromatic N) is 1. The summed E-state index contributed by atoms with van der Waals surface area (Å²) in [4.78, 5) is 0. The second-order valence-corrected chi connectivity index (χ2v) is 5.50. The van der Waals surface area contributed by atoms with Crippen molar-refractivity contribution < 1.29 is 0 Å². The molecule has 1 aliphatic rings. The first-order valence-electron chi connectivity index (χ1n) is 6.36. The largest absolute Gasteiger partial charge is 0.316 e. The highest BCUT2D eigenvalue weighted by Gasteiger charge is 2.22. The molecule has 2 heterocycles. The Bertz CT molecular complexity index is 515. The van der Waals surface area contributed by atoms with Gasteiger partial charge in [-0.1, -0.05) is 30.3 Å². The lowest BCUT2D eigenvalue weighted by atomic mass is 9.96. The van der Waals surface area contributed by atoms with Gasteiger partial charge >= 0.3 is 0 Å². The molecule has 1 aromatic carbocycles. The topological polar surface area (TPSA) is 40.7 Å². The fourth-order valence-corrected chi connectivity index (χ4v) is 3.23. The molecule has 0 spiro atoms. The molecule has 1 saturated heterocycles. The minimum absolute atomic E-state index is 0.540. The number of piperidine rings is 1. The molecule has 18 heavy (non-hydrogen) atoms. The predicted molar refractivity (Wildman–Crippen MR) is 76.6 cm³/mol. The van der Waals surface area contributed by atoms with Crippen molar-refractivity contribution in [2.75, 3.05) is 13.1 Å². The van der Waals surface area contributed by atoms with Gasteiger partial charge in [0.1, 0.15) is 5.69 Å². The van der Waals surface area contributed by atoms with Crippen LogP contribution in [0.2, 0.25) is 0 Å². The van der Waals surface area contributed by atoms with Gasteiger partial charge in [0.2, 0.25) is 0 Å². The standard InChI is InChI=1S/C14H16BrN3/c15-12-13(10-5-2-1-3-6-10)17-18-14(12)11-7-4-8-16-9-11/h1-3,5-6,11,16H,4,7-9H2,(H,17,18). The van der Waals surface area contributed by atoms with Crippen molar-refractivity contribution in [3.05, 3.63) is 40.5 Å². The van der Waals surface area contributed by atoms with Gasteiger partial charge in [0, 0.05) is 18.0 Å². The molecule has 2 N–H and O–H groups in total. The monoisotopic (exact) mass is 305 g/mol. The van der Waals surface area contributed by atoms with Crippen molar-refractivity contribution >= 4 is 15.9 Å². The van der Waals surface area contributed by atoms with Crippen LogP contribution in [0.3, 0.4) is 0 Å². The molecule has 0 saturated carbocycles. The predicted octanol–water partition coefficient (Wildman–Crippen LogP) is 3.31. The van der Waals surface area contributed by atoms with Crippen LogP contribution in [0, 0.1) is 0 Å². The first-order valence-corrected chi connectivity index (χ1v) is 7.15. The third-order valence-electron chi connectivity index (χ3n) is 3.48. The smallest absolute Gasteiger partial charge is 0.107 e. The summed E-state index contributed by atoms with van der Waals surface area (Å²) in [7, 11) is 0. The number of hydrogen-bond donors (Lipinski definition) is 2. The maximum absolute atomic E-state index is 4.46. The second-order valence-electron chi connectivity index (χ2n) is 4.71. The summed E-state index contributed by atoms with van der Waals surface area (Å²) in [6.07, 6.45) is 2.46. The molecule has 0 aliphatic carbocycles. The lowest BCUT2D eigenvalue weighted by Crippen LogP contribution is -2.28. The molecular weight excluding hydrogens is 290 g/mol. The van der Waals surface area contributed by atoms with E-state index >= 15 is 0 Å². The molecule has 2 aromatic rings. The zero-order valence-electron chi connectivity index (χ0n) is 10.1. The number of rotatable bonds is 2. The van der Waals surface area contributed by atoms with Crippen LogP contribution in [-0.2, 0) is 0 Å². The van der Waals surface area contributed by atoms with E-state index in [1.165, 1.54) is 18.5 Å². The highest BCUT2D eigenvalue weighted by molar-refractivity contribution is 9.10. The van der Waals surface area contributed by atoms with Crippen LogP contribution >= 0.6 is 15.9 Å². The van der Waals surface area contributed by atoms with E-state index in [0.29, 0.717) is 5.92 Å². The molecule has 94 valence electrons. The number of nitrogens with one attached hydrogen (secondary N) is 2. The van der Waals surface area contributed by atoms with E-state index in [1.807, 2.05) is 18.2 Å². The molecular formula is C14H16BrN3. The third-order valence-corrected chi connectivity index (χ3v) is 4.29. The molecule has 1 fully saturated rings. The van der Waals surface area contributed by atoms with E-state index in [9.17, 15) is 0 Å². The molecule has 0 amide bonds. The number of aromatic nitrogens is 2. The summed E-state index contributed by atoms with van der Waals surface area (Å²) in [5.41, 5.74) is 3.38. The van der Waals surface area contributed by atoms with E-state index in [4.69, 9.17) is 0 Å². The van der Waals surface area contributed by atoms with Gasteiger partial charge in [-0.25, -0.2) is 0 Å². The van der Waals surface area contributed by atoms with E-state index in [2.05, 4.69) is 43.6 Å². The van der Waals surface area contributed by atoms with Gasteiger partial charge in [-0.05, 0) is 35.3 Å². The summed E-state index contributed by atoms with van der Waals surface area (Å²) >= 11 is 3.70. The van der Waals surface area contributed by atoms with E-state index in [1.54, 1.807) is 0 Å². The Morgan fingerprint density at radius 3 is 2.78 bits per heavy atom. The van der Waals surface area contributed by atoms with E-state index < -0.39 is 0 Å². The molecule has 0 bridgehead atoms. The Morgan fingerprint density at radius 1 is 1.22 bits per heavy atom. The van der Waals surface area contributed by atoms with Crippen LogP contribution < -0.4 is 5.32 Å². The zero-order chi connectivity index (χ0) is 12.4. The van der Waals surface area contributed by atoms with Crippen molar-refractivity contribution in [3.8, 4) is 11.3 Å². The minimum atomic E-state index is 0.540. The second kappa shape index (κ2) is 5.24. The number of hydrogen-bond acceptors (Lipinski definition) is 2. The van der Waals surface area contributed by atoms with Crippen molar-refractivity contribution in [3.63, 3.8) is 0 Å². The summed E-state index contributed by atoms with van der Waals surface area (Å²) < 4.78 is 1.11. The van der Waals surface area contributed by atoms with Gasteiger partial charge < -0.3 is 5.32 Å². The van der Waals surface area contributed by atoms with Crippen LogP contribution in [-0.4, -0.2) is 23.3 Å². The molecule has 1 aromatic heterocycles. The van der Waals surface area contributed by atoms with Gasteiger partial charge in [-0.2, -0.15) is 5.10 Å². The maximum atomic E-state index is 4.46. The Hall–Kier alpha value is -1.13. The van der Waals surface area contributed by atoms with E-state index in [0.717, 1.165) is 28.8 Å². The summed E-state index contributed by atoms with van der Waals surface area (Å²) in [6.45, 7) is 2.17. The third kappa shape index (κ3) is 2.22. The molecule has 3 rings (SSSR count). The van der Waals surface area contributed by atoms with Crippen molar-refractivity contribution in [2.24, 2.45) is 0 Å². The molecule has 1 unspecified atom stereocenters. The first-order chi connectivity index (χ1) is 8.86. The Labute approximate surface area is 115 Å². The van der Waals surface area contributed by atoms with Crippen LogP contribution in [0.1, 0.15) is 24.5 Å². The van der Waals surface area contributed by atoms with Crippen molar-refractivity contribution in [2.45, 2.75) is 18.8 Å². The average Bonchev–Trinajstić information content (AvgIpc) is 2.83. The summed E-state index contributed by atoms with van der Waals surface area (Å²) in [6, 6.07) is 10.3. The molecule has 4 heteroatoms. The maximum Gasteiger partial charge on any atom is 0.107 e. The lowest BCUT2D eigenvalue weighted by molar-refractivity contribution is 0.453. The average molecular weight is 306 g/mol. The van der Waals surface area contributed by atoms with Gasteiger partial charge in [-0.15, -0.1) is 0 Å². The van der Waals surface area contributed by atoms with Crippen molar-refractivity contribution in [1.29, 1.82) is 0 Å². The fourth-order valence-electron chi connectivity index (χ4n) is 2.50. The normalized spacial score (nSPS) is 19.9. The number of benzene rings is 1. The molecule has 1 atom stereocenters. The minimum Gasteiger partial charge on any atom is -0.316 e. The Kier molecular flexibility index (Phi) is 3.48. The molecule has 3 nitrogen and oxygen atoms in total. The summed E-state index contributed by atoms with van der Waals surface area (Å²) in [5.74, 6) is 0.540. The van der Waals surface area contributed by atoms with E-state index in [-0.39, 0.29) is 0 Å². The van der Waals surface area contributed by atoms with Gasteiger partial charge in [0.15, 0.2) is 0 Å². The Morgan fingerprint density at radius 2 is 2.06 bits per heavy atom. The van der Waals surface area contributed by atoms with Crippen LogP contribution in [0.5, 0.6) is 0 Å². The van der Waals surface area contributed by atoms with Gasteiger partial charge in [-0.3, -0.25) is 5.10 Å². The Balaban J connectivity index is 1.92. The molecule has 0 radical (unpaired) electrons. The number of aromatic amines is 1. The van der Waals surface area contributed by atoms with Crippen LogP contribution in [0.4, 0.5) is 0 Å². The van der Waals surface area contributed by atoms with Crippen molar-refractivity contribution in [1.82, 2.24) is 15.5 Å². The SMILES string of the molecule is Brc1c(-c2ccccc2)n[nH]c1C1CCCNC1. The fraction of sp³-hybridized carbons (Fsp3) is 0.357. The quantitative estimate of drug-likeness (QED) is 0.894. The van der Waals surface area contributed by atoms with Crippen LogP contribution in [0.25, 0.3) is 11.3 Å². The van der Waals surface area contributed by atoms with Gasteiger partial charge in [0.25, 0.3) is 0 Å². The zero-order valence-corrected chi connectivity index (χ0v) is 11.7. The molecule has 1 aliphatic heterocycles. The lowest BCUT2D eigenvalue weighted by Gasteiger charge is -2.21. The van der Waals surface area contributed by atoms with Gasteiger partial charge in [0.05, 0.1) is 10.2 Å². The highest BCUT2D eigenvalue weighted by atomic mass is 79.9. The number of halogens is 1. The summed E-state index contributed by atoms with van der Waals surface area (Å²) in [5, 5.41) is 11.1. The highest BCUT2D eigenvalue weighted by Crippen LogP contribution is 2.34. The van der Waals surface area contributed by atoms with Crippen LogP contribution in [0.15, 0.2) is 34.8 Å². The first kappa shape index (κ1) is 11.9.